The Hall–Kier alpha value is 0.0400. The minimum absolute atomic E-state index is 0.701. The second-order valence-electron chi connectivity index (χ2n) is 2.77. The highest BCUT2D eigenvalue weighted by molar-refractivity contribution is 8.23. The minimum Gasteiger partial charge on any atom is -0.350 e. The van der Waals surface area contributed by atoms with Crippen LogP contribution in [0, 0.1) is 0 Å². The molecule has 0 aromatic heterocycles. The predicted octanol–water partition coefficient (Wildman–Crippen LogP) is 4.39. The molecule has 0 aliphatic rings. The normalized spacial score (nSPS) is 11.9. The van der Waals surface area contributed by atoms with Gasteiger partial charge in [-0.15, -0.1) is 0 Å². The molecule has 0 aromatic rings. The maximum Gasteiger partial charge on any atom is 0.137 e. The zero-order valence-electron chi connectivity index (χ0n) is 9.11. The third kappa shape index (κ3) is 8.22. The van der Waals surface area contributed by atoms with Crippen molar-refractivity contribution in [2.75, 3.05) is 18.8 Å². The molecule has 0 N–H and O–H groups in total. The molecule has 90 valence electrons. The minimum atomic E-state index is 0.701. The summed E-state index contributed by atoms with van der Waals surface area (Å²) in [6.07, 6.45) is 7.79. The van der Waals surface area contributed by atoms with Gasteiger partial charge in [0.25, 0.3) is 0 Å². The Kier molecular flexibility index (Phi) is 11.6. The molecule has 0 fully saturated rings. The van der Waals surface area contributed by atoms with Crippen LogP contribution >= 0.6 is 47.2 Å². The first-order valence-electron chi connectivity index (χ1n) is 4.79. The van der Waals surface area contributed by atoms with Gasteiger partial charge in [0.1, 0.15) is 4.32 Å². The van der Waals surface area contributed by atoms with Gasteiger partial charge < -0.3 is 4.90 Å². The molecule has 0 unspecified atom stereocenters. The average Bonchev–Trinajstić information content (AvgIpc) is 2.29. The number of halogens is 2. The van der Waals surface area contributed by atoms with Crippen LogP contribution in [-0.2, 0) is 0 Å². The summed E-state index contributed by atoms with van der Waals surface area (Å²) in [6, 6.07) is 0. The van der Waals surface area contributed by atoms with Crippen molar-refractivity contribution in [3.63, 3.8) is 0 Å². The number of allylic oxidation sites excluding steroid dienone is 1. The van der Waals surface area contributed by atoms with Crippen molar-refractivity contribution < 1.29 is 0 Å². The third-order valence-electron chi connectivity index (χ3n) is 1.63. The van der Waals surface area contributed by atoms with E-state index in [1.165, 1.54) is 11.1 Å². The molecule has 0 radical (unpaired) electrons. The molecule has 0 aromatic carbocycles. The number of thiocarbonyl (C=S) groups is 1. The van der Waals surface area contributed by atoms with Gasteiger partial charge in [-0.3, -0.25) is 0 Å². The van der Waals surface area contributed by atoms with Gasteiger partial charge in [0, 0.05) is 29.9 Å². The van der Waals surface area contributed by atoms with Crippen LogP contribution in [0.4, 0.5) is 0 Å². The molecule has 0 heterocycles. The molecule has 5 heteroatoms. The lowest BCUT2D eigenvalue weighted by molar-refractivity contribution is 0.532. The van der Waals surface area contributed by atoms with Crippen LogP contribution in [0.2, 0.25) is 0 Å². The first-order valence-corrected chi connectivity index (χ1v) is 7.06. The smallest absolute Gasteiger partial charge is 0.137 e. The second-order valence-corrected chi connectivity index (χ2v) is 4.93. The van der Waals surface area contributed by atoms with Crippen molar-refractivity contribution in [2.45, 2.75) is 6.92 Å². The monoisotopic (exact) mass is 295 g/mol. The summed E-state index contributed by atoms with van der Waals surface area (Å²) >= 11 is 17.9. The Morgan fingerprint density at radius 2 is 1.75 bits per heavy atom. The van der Waals surface area contributed by atoms with E-state index in [2.05, 4.69) is 6.08 Å². The lowest BCUT2D eigenvalue weighted by atomic mass is 10.5. The fourth-order valence-corrected chi connectivity index (χ4v) is 2.14. The summed E-state index contributed by atoms with van der Waals surface area (Å²) in [6.45, 7) is 3.40. The zero-order valence-corrected chi connectivity index (χ0v) is 12.2. The SMILES string of the molecule is CC=CCSC(=S)N(CC=CCl)CC=CCl. The van der Waals surface area contributed by atoms with E-state index < -0.39 is 0 Å². The quantitative estimate of drug-likeness (QED) is 0.529. The van der Waals surface area contributed by atoms with E-state index in [1.807, 2.05) is 30.1 Å². The fraction of sp³-hybridized carbons (Fsp3) is 0.364. The zero-order chi connectivity index (χ0) is 12.2. The summed E-state index contributed by atoms with van der Waals surface area (Å²) in [5.41, 5.74) is 2.99. The van der Waals surface area contributed by atoms with E-state index >= 15 is 0 Å². The van der Waals surface area contributed by atoms with Crippen LogP contribution in [0.15, 0.2) is 35.4 Å². The maximum atomic E-state index is 5.50. The van der Waals surface area contributed by atoms with Gasteiger partial charge in [-0.1, -0.05) is 71.5 Å². The van der Waals surface area contributed by atoms with E-state index in [0.717, 1.165) is 10.1 Å². The van der Waals surface area contributed by atoms with Gasteiger partial charge in [-0.05, 0) is 6.92 Å². The Morgan fingerprint density at radius 3 is 2.19 bits per heavy atom. The highest BCUT2D eigenvalue weighted by Crippen LogP contribution is 2.10. The average molecular weight is 296 g/mol. The molecule has 1 nitrogen and oxygen atoms in total. The first kappa shape index (κ1) is 16.0. The lowest BCUT2D eigenvalue weighted by Crippen LogP contribution is -2.27. The Morgan fingerprint density at radius 1 is 1.19 bits per heavy atom. The summed E-state index contributed by atoms with van der Waals surface area (Å²) in [5.74, 6) is 0.890. The summed E-state index contributed by atoms with van der Waals surface area (Å²) < 4.78 is 0.850. The standard InChI is InChI=1S/C11H15Cl2NS2/c1-2-3-10-16-11(15)14(8-4-6-12)9-5-7-13/h2-7H,8-10H2,1H3. The molecule has 0 aliphatic heterocycles. The highest BCUT2D eigenvalue weighted by Gasteiger charge is 2.05. The van der Waals surface area contributed by atoms with Gasteiger partial charge in [-0.2, -0.15) is 0 Å². The van der Waals surface area contributed by atoms with Crippen molar-refractivity contribution in [1.29, 1.82) is 0 Å². The fourth-order valence-electron chi connectivity index (χ4n) is 0.865. The van der Waals surface area contributed by atoms with E-state index in [9.17, 15) is 0 Å². The molecule has 0 saturated heterocycles. The van der Waals surface area contributed by atoms with Gasteiger partial charge in [-0.25, -0.2) is 0 Å². The van der Waals surface area contributed by atoms with Crippen molar-refractivity contribution in [3.8, 4) is 0 Å². The van der Waals surface area contributed by atoms with Gasteiger partial charge in [0.15, 0.2) is 0 Å². The largest absolute Gasteiger partial charge is 0.350 e. The van der Waals surface area contributed by atoms with Gasteiger partial charge in [0.05, 0.1) is 0 Å². The molecule has 16 heavy (non-hydrogen) atoms. The first-order chi connectivity index (χ1) is 7.76. The molecule has 0 bridgehead atoms. The summed E-state index contributed by atoms with van der Waals surface area (Å²) in [7, 11) is 0. The van der Waals surface area contributed by atoms with Crippen LogP contribution in [0.5, 0.6) is 0 Å². The highest BCUT2D eigenvalue weighted by atomic mass is 35.5. The topological polar surface area (TPSA) is 3.24 Å². The number of rotatable bonds is 6. The Bertz CT molecular complexity index is 261. The van der Waals surface area contributed by atoms with Crippen molar-refractivity contribution >= 4 is 51.5 Å². The van der Waals surface area contributed by atoms with Crippen LogP contribution in [-0.4, -0.2) is 28.1 Å². The predicted molar refractivity (Wildman–Crippen MR) is 81.4 cm³/mol. The molecule has 0 amide bonds. The third-order valence-corrected chi connectivity index (χ3v) is 3.46. The Labute approximate surface area is 117 Å². The number of hydrogen-bond acceptors (Lipinski definition) is 2. The van der Waals surface area contributed by atoms with Crippen LogP contribution in [0.1, 0.15) is 6.92 Å². The number of hydrogen-bond donors (Lipinski definition) is 0. The lowest BCUT2D eigenvalue weighted by Gasteiger charge is -2.21. The summed E-state index contributed by atoms with van der Waals surface area (Å²) in [5, 5.41) is 0. The van der Waals surface area contributed by atoms with Crippen molar-refractivity contribution in [1.82, 2.24) is 4.90 Å². The van der Waals surface area contributed by atoms with E-state index in [4.69, 9.17) is 35.4 Å². The van der Waals surface area contributed by atoms with Crippen LogP contribution in [0.3, 0.4) is 0 Å². The van der Waals surface area contributed by atoms with E-state index in [-0.39, 0.29) is 0 Å². The van der Waals surface area contributed by atoms with E-state index in [1.54, 1.807) is 11.8 Å². The Balaban J connectivity index is 4.19. The van der Waals surface area contributed by atoms with Crippen LogP contribution < -0.4 is 0 Å². The maximum absolute atomic E-state index is 5.50. The molecular formula is C11H15Cl2NS2. The van der Waals surface area contributed by atoms with Gasteiger partial charge in [0.2, 0.25) is 0 Å². The molecule has 0 aliphatic carbocycles. The van der Waals surface area contributed by atoms with Crippen molar-refractivity contribution in [3.05, 3.63) is 35.4 Å². The van der Waals surface area contributed by atoms with Gasteiger partial charge >= 0.3 is 0 Å². The van der Waals surface area contributed by atoms with Crippen LogP contribution in [0.25, 0.3) is 0 Å². The second kappa shape index (κ2) is 11.5. The van der Waals surface area contributed by atoms with E-state index in [0.29, 0.717) is 13.1 Å². The number of thioether (sulfide) groups is 1. The van der Waals surface area contributed by atoms with Crippen molar-refractivity contribution in [2.24, 2.45) is 0 Å². The molecular weight excluding hydrogens is 281 g/mol. The molecule has 0 atom stereocenters. The molecule has 0 rings (SSSR count). The summed E-state index contributed by atoms with van der Waals surface area (Å²) in [4.78, 5) is 2.03. The number of nitrogens with zero attached hydrogens (tertiary/aromatic N) is 1. The molecule has 0 spiro atoms. The molecule has 0 saturated carbocycles.